The molecule has 0 bridgehead atoms. The Hall–Kier alpha value is -2.96. The number of hydrogen-bond donors (Lipinski definition) is 3. The van der Waals surface area contributed by atoms with E-state index in [4.69, 9.17) is 4.74 Å². The fourth-order valence-corrected chi connectivity index (χ4v) is 7.04. The highest BCUT2D eigenvalue weighted by Crippen LogP contribution is 2.17. The second kappa shape index (κ2) is 47.1. The molecule has 3 atom stereocenters. The molecule has 0 spiro atoms. The molecule has 3 N–H and O–H groups in total. The van der Waals surface area contributed by atoms with Crippen LogP contribution in [-0.4, -0.2) is 46.9 Å². The maximum atomic E-state index is 13.2. The van der Waals surface area contributed by atoms with Gasteiger partial charge in [-0.15, -0.1) is 0 Å². The summed E-state index contributed by atoms with van der Waals surface area (Å²) in [6.45, 7) is 6.29. The fraction of sp³-hybridized carbons (Fsp3) is 0.704. The minimum absolute atomic E-state index is 0.0374. The lowest BCUT2D eigenvalue weighted by atomic mass is 10.0. The molecule has 0 aliphatic carbocycles. The van der Waals surface area contributed by atoms with E-state index >= 15 is 0 Å². The number of hydrogen-bond acceptors (Lipinski definition) is 5. The summed E-state index contributed by atoms with van der Waals surface area (Å²) in [6, 6.07) is -0.722. The highest BCUT2D eigenvalue weighted by Gasteiger charge is 2.24. The Labute approximate surface area is 370 Å². The summed E-state index contributed by atoms with van der Waals surface area (Å²) in [6.07, 6.45) is 60.7. The average Bonchev–Trinajstić information content (AvgIpc) is 3.24. The van der Waals surface area contributed by atoms with Crippen molar-refractivity contribution in [2.45, 2.75) is 238 Å². The maximum Gasteiger partial charge on any atom is 0.306 e. The number of rotatable bonds is 43. The van der Waals surface area contributed by atoms with Gasteiger partial charge in [-0.25, -0.2) is 0 Å². The first-order valence-electron chi connectivity index (χ1n) is 24.9. The Bertz CT molecular complexity index is 1160. The van der Waals surface area contributed by atoms with Crippen molar-refractivity contribution in [1.29, 1.82) is 0 Å². The number of esters is 1. The number of allylic oxidation sites excluding steroid dienone is 14. The topological polar surface area (TPSA) is 95.9 Å². The summed E-state index contributed by atoms with van der Waals surface area (Å²) in [5.74, 6) is -0.545. The van der Waals surface area contributed by atoms with Crippen LogP contribution in [0.25, 0.3) is 0 Å². The van der Waals surface area contributed by atoms with Crippen molar-refractivity contribution in [3.8, 4) is 0 Å². The van der Waals surface area contributed by atoms with Gasteiger partial charge in [-0.3, -0.25) is 9.59 Å². The number of aliphatic hydroxyl groups excluding tert-OH is 2. The Kier molecular flexibility index (Phi) is 44.8. The molecule has 0 saturated carbocycles. The van der Waals surface area contributed by atoms with Gasteiger partial charge in [0.25, 0.3) is 0 Å². The third-order valence-electron chi connectivity index (χ3n) is 10.8. The van der Waals surface area contributed by atoms with E-state index in [1.807, 2.05) is 0 Å². The highest BCUT2D eigenvalue weighted by molar-refractivity contribution is 5.77. The van der Waals surface area contributed by atoms with Crippen LogP contribution in [0.2, 0.25) is 0 Å². The molecular formula is C54H93NO5. The summed E-state index contributed by atoms with van der Waals surface area (Å²) in [4.78, 5) is 26.1. The number of carbonyl (C=O) groups excluding carboxylic acids is 2. The third-order valence-corrected chi connectivity index (χ3v) is 10.8. The van der Waals surface area contributed by atoms with Crippen LogP contribution in [0, 0.1) is 0 Å². The van der Waals surface area contributed by atoms with Crippen molar-refractivity contribution in [2.24, 2.45) is 0 Å². The molecule has 0 aromatic heterocycles. The maximum absolute atomic E-state index is 13.2. The molecule has 0 radical (unpaired) electrons. The zero-order chi connectivity index (χ0) is 43.8. The number of amides is 1. The Balaban J connectivity index is 4.67. The standard InChI is InChI=1S/C54H93NO5/c1-4-7-10-13-16-19-22-24-25-26-27-28-29-32-35-38-41-44-47-54(59)60-50(45-42-39-36-33-31-23-20-17-14-11-8-5-2)48-53(58)55-51(49-56)52(57)46-43-40-37-34-30-21-18-15-12-9-6-3/h8,11,16-17,19-20,22,24-28,31,33,50-52,56-57H,4-7,9-10,12-15,18,21,23,29-30,32,34-49H2,1-3H3,(H,55,58)/b11-8+,19-16+,20-17+,24-22+,26-25+,28-27+,33-31+. The van der Waals surface area contributed by atoms with Crippen LogP contribution in [0.3, 0.4) is 0 Å². The molecule has 6 nitrogen and oxygen atoms in total. The minimum Gasteiger partial charge on any atom is -0.462 e. The quantitative estimate of drug-likeness (QED) is 0.0246. The Morgan fingerprint density at radius 3 is 1.57 bits per heavy atom. The van der Waals surface area contributed by atoms with Crippen molar-refractivity contribution in [3.63, 3.8) is 0 Å². The highest BCUT2D eigenvalue weighted by atomic mass is 16.5. The van der Waals surface area contributed by atoms with Crippen LogP contribution in [0.15, 0.2) is 85.1 Å². The first-order valence-corrected chi connectivity index (χ1v) is 24.9. The molecule has 0 aromatic rings. The zero-order valence-electron chi connectivity index (χ0n) is 39.1. The van der Waals surface area contributed by atoms with Crippen molar-refractivity contribution >= 4 is 11.9 Å². The van der Waals surface area contributed by atoms with Crippen LogP contribution in [0.4, 0.5) is 0 Å². The van der Waals surface area contributed by atoms with E-state index < -0.39 is 18.2 Å². The van der Waals surface area contributed by atoms with Crippen molar-refractivity contribution < 1.29 is 24.5 Å². The number of carbonyl (C=O) groups is 2. The summed E-state index contributed by atoms with van der Waals surface area (Å²) in [7, 11) is 0. The zero-order valence-corrected chi connectivity index (χ0v) is 39.1. The molecule has 0 heterocycles. The fourth-order valence-electron chi connectivity index (χ4n) is 7.04. The number of aliphatic hydroxyl groups is 2. The Morgan fingerprint density at radius 2 is 0.967 bits per heavy atom. The SMILES string of the molecule is CC/C=C/C/C=C/C/C=C/CCCCC(CC(=O)NC(CO)C(O)CCCCCCCCCCCCC)OC(=O)CCCCCCC/C=C/C=C/C=C/C=C/CCCCC. The van der Waals surface area contributed by atoms with Crippen LogP contribution in [0.5, 0.6) is 0 Å². The molecule has 0 saturated heterocycles. The van der Waals surface area contributed by atoms with E-state index in [2.05, 4.69) is 111 Å². The van der Waals surface area contributed by atoms with E-state index in [1.165, 1.54) is 70.6 Å². The van der Waals surface area contributed by atoms with Gasteiger partial charge in [0.15, 0.2) is 0 Å². The molecule has 0 rings (SSSR count). The second-order valence-corrected chi connectivity index (χ2v) is 16.6. The van der Waals surface area contributed by atoms with Crippen molar-refractivity contribution in [1.82, 2.24) is 5.32 Å². The number of nitrogens with one attached hydrogen (secondary N) is 1. The molecule has 0 aromatic carbocycles. The van der Waals surface area contributed by atoms with E-state index in [1.54, 1.807) is 0 Å². The third kappa shape index (κ3) is 41.8. The van der Waals surface area contributed by atoms with Gasteiger partial charge in [-0.2, -0.15) is 0 Å². The van der Waals surface area contributed by atoms with Gasteiger partial charge in [-0.1, -0.05) is 209 Å². The number of unbranched alkanes of at least 4 members (excludes halogenated alkanes) is 20. The molecular weight excluding hydrogens is 743 g/mol. The first kappa shape index (κ1) is 57.0. The number of ether oxygens (including phenoxy) is 1. The van der Waals surface area contributed by atoms with Crippen LogP contribution >= 0.6 is 0 Å². The second-order valence-electron chi connectivity index (χ2n) is 16.6. The molecule has 1 amide bonds. The van der Waals surface area contributed by atoms with E-state index in [-0.39, 0.29) is 24.9 Å². The Morgan fingerprint density at radius 1 is 0.517 bits per heavy atom. The van der Waals surface area contributed by atoms with Gasteiger partial charge >= 0.3 is 5.97 Å². The van der Waals surface area contributed by atoms with Crippen molar-refractivity contribution in [3.05, 3.63) is 85.1 Å². The molecule has 3 unspecified atom stereocenters. The lowest BCUT2D eigenvalue weighted by Crippen LogP contribution is -2.46. The van der Waals surface area contributed by atoms with Gasteiger partial charge in [0, 0.05) is 6.42 Å². The minimum atomic E-state index is -0.805. The van der Waals surface area contributed by atoms with E-state index in [0.29, 0.717) is 19.3 Å². The van der Waals surface area contributed by atoms with E-state index in [0.717, 1.165) is 103 Å². The van der Waals surface area contributed by atoms with Crippen molar-refractivity contribution in [2.75, 3.05) is 6.61 Å². The van der Waals surface area contributed by atoms with Gasteiger partial charge in [0.05, 0.1) is 25.2 Å². The molecule has 0 fully saturated rings. The van der Waals surface area contributed by atoms with Gasteiger partial charge < -0.3 is 20.3 Å². The lowest BCUT2D eigenvalue weighted by molar-refractivity contribution is -0.151. The summed E-state index contributed by atoms with van der Waals surface area (Å²) < 4.78 is 5.89. The average molecular weight is 836 g/mol. The first-order chi connectivity index (χ1) is 29.5. The van der Waals surface area contributed by atoms with E-state index in [9.17, 15) is 19.8 Å². The monoisotopic (exact) mass is 836 g/mol. The summed E-state index contributed by atoms with van der Waals surface area (Å²) in [5.41, 5.74) is 0. The van der Waals surface area contributed by atoms with Gasteiger partial charge in [0.1, 0.15) is 6.10 Å². The molecule has 344 valence electrons. The van der Waals surface area contributed by atoms with Gasteiger partial charge in [-0.05, 0) is 83.5 Å². The molecule has 60 heavy (non-hydrogen) atoms. The summed E-state index contributed by atoms with van der Waals surface area (Å²) in [5, 5.41) is 23.7. The predicted octanol–water partition coefficient (Wildman–Crippen LogP) is 14.8. The molecule has 0 aliphatic heterocycles. The smallest absolute Gasteiger partial charge is 0.306 e. The van der Waals surface area contributed by atoms with Crippen LogP contribution in [0.1, 0.15) is 220 Å². The normalized spacial score (nSPS) is 14.0. The summed E-state index contributed by atoms with van der Waals surface area (Å²) >= 11 is 0. The van der Waals surface area contributed by atoms with Crippen LogP contribution in [-0.2, 0) is 14.3 Å². The van der Waals surface area contributed by atoms with Gasteiger partial charge in [0.2, 0.25) is 5.91 Å². The van der Waals surface area contributed by atoms with Crippen LogP contribution < -0.4 is 5.32 Å². The largest absolute Gasteiger partial charge is 0.462 e. The molecule has 0 aliphatic rings. The lowest BCUT2D eigenvalue weighted by Gasteiger charge is -2.24. The molecule has 6 heteroatoms. The predicted molar refractivity (Wildman–Crippen MR) is 259 cm³/mol.